The number of carbonyl (C=O) groups excluding carboxylic acids is 2. The van der Waals surface area contributed by atoms with Crippen LogP contribution in [0.1, 0.15) is 28.8 Å². The van der Waals surface area contributed by atoms with Gasteiger partial charge in [0, 0.05) is 15.0 Å². The van der Waals surface area contributed by atoms with Gasteiger partial charge in [0.2, 0.25) is 18.0 Å². The minimum Gasteiger partial charge on any atom is -0.296 e. The Morgan fingerprint density at radius 3 is 2.20 bits per heavy atom. The Balaban J connectivity index is 2.59. The number of alkyl halides is 1. The summed E-state index contributed by atoms with van der Waals surface area (Å²) in [6, 6.07) is 13.6. The maximum atomic E-state index is 15.8. The van der Waals surface area contributed by atoms with Gasteiger partial charge in [0.15, 0.2) is 5.78 Å². The van der Waals surface area contributed by atoms with Crippen molar-refractivity contribution >= 4 is 27.5 Å². The van der Waals surface area contributed by atoms with Crippen LogP contribution >= 0.6 is 15.9 Å². The fourth-order valence-electron chi connectivity index (χ4n) is 2.67. The van der Waals surface area contributed by atoms with Crippen molar-refractivity contribution in [2.24, 2.45) is 0 Å². The van der Waals surface area contributed by atoms with Crippen LogP contribution in [0, 0.1) is 10.1 Å². The smallest absolute Gasteiger partial charge is 0.243 e. The van der Waals surface area contributed by atoms with Gasteiger partial charge in [-0.1, -0.05) is 58.4 Å². The Morgan fingerprint density at radius 2 is 1.72 bits per heavy atom. The molecule has 0 saturated carbocycles. The highest BCUT2D eigenvalue weighted by Gasteiger charge is 2.53. The molecular weight excluding hydrogens is 393 g/mol. The summed E-state index contributed by atoms with van der Waals surface area (Å²) < 4.78 is 16.5. The first-order valence-corrected chi connectivity index (χ1v) is 8.23. The molecule has 0 unspecified atom stereocenters. The first-order valence-electron chi connectivity index (χ1n) is 7.44. The number of halogens is 2. The van der Waals surface area contributed by atoms with E-state index < -0.39 is 34.6 Å². The van der Waals surface area contributed by atoms with E-state index in [0.717, 1.165) is 6.92 Å². The van der Waals surface area contributed by atoms with Crippen LogP contribution in [0.3, 0.4) is 0 Å². The lowest BCUT2D eigenvalue weighted by Crippen LogP contribution is -2.49. The van der Waals surface area contributed by atoms with Crippen LogP contribution in [0.25, 0.3) is 0 Å². The fourth-order valence-corrected chi connectivity index (χ4v) is 2.93. The topological polar surface area (TPSA) is 77.3 Å². The number of rotatable bonds is 7. The molecule has 0 N–H and O–H groups in total. The molecule has 0 aliphatic carbocycles. The molecule has 0 aliphatic heterocycles. The molecule has 0 saturated heterocycles. The number of carbonyl (C=O) groups is 2. The molecular formula is C18H15BrFNO4. The van der Waals surface area contributed by atoms with Gasteiger partial charge in [-0.25, -0.2) is 4.39 Å². The predicted molar refractivity (Wildman–Crippen MR) is 94.0 cm³/mol. The quantitative estimate of drug-likeness (QED) is 0.301. The highest BCUT2D eigenvalue weighted by Crippen LogP contribution is 2.36. The average molecular weight is 408 g/mol. The molecule has 5 nitrogen and oxygen atoms in total. The summed E-state index contributed by atoms with van der Waals surface area (Å²) in [5.41, 5.74) is -2.82. The predicted octanol–water partition coefficient (Wildman–Crippen LogP) is 3.99. The van der Waals surface area contributed by atoms with E-state index in [1.54, 1.807) is 18.2 Å². The molecule has 130 valence electrons. The summed E-state index contributed by atoms with van der Waals surface area (Å²) in [6.07, 6.45) is 0. The van der Waals surface area contributed by atoms with Crippen molar-refractivity contribution in [2.75, 3.05) is 6.54 Å². The largest absolute Gasteiger partial charge is 0.296 e. The normalized spacial score (nSPS) is 14.4. The molecule has 0 spiro atoms. The van der Waals surface area contributed by atoms with E-state index >= 15 is 4.39 Å². The zero-order chi connectivity index (χ0) is 18.6. The van der Waals surface area contributed by atoms with E-state index in [1.165, 1.54) is 36.4 Å². The van der Waals surface area contributed by atoms with E-state index in [0.29, 0.717) is 4.47 Å². The van der Waals surface area contributed by atoms with Crippen LogP contribution in [0.2, 0.25) is 0 Å². The second kappa shape index (κ2) is 7.65. The van der Waals surface area contributed by atoms with Gasteiger partial charge in [-0.05, 0) is 24.6 Å². The van der Waals surface area contributed by atoms with Crippen molar-refractivity contribution in [1.29, 1.82) is 0 Å². The van der Waals surface area contributed by atoms with Crippen molar-refractivity contribution in [1.82, 2.24) is 0 Å². The highest BCUT2D eigenvalue weighted by molar-refractivity contribution is 9.10. The molecule has 0 bridgehead atoms. The minimum absolute atomic E-state index is 0.00865. The molecule has 2 atom stereocenters. The third-order valence-corrected chi connectivity index (χ3v) is 4.49. The van der Waals surface area contributed by atoms with Crippen LogP contribution in [-0.4, -0.2) is 28.7 Å². The fraction of sp³-hybridized carbons (Fsp3) is 0.222. The van der Waals surface area contributed by atoms with Crippen LogP contribution in [0.15, 0.2) is 59.1 Å². The lowest BCUT2D eigenvalue weighted by molar-refractivity contribution is -0.485. The standard InChI is InChI=1S/C18H15BrFNO4/c1-12(22)18(20,17(23)14-5-3-2-4-6-14)16(11-21(24)25)13-7-9-15(19)10-8-13/h2-10,16H,11H2,1H3/t16-,18-/m1/s1. The molecule has 0 fully saturated rings. The summed E-state index contributed by atoms with van der Waals surface area (Å²) in [4.78, 5) is 35.2. The van der Waals surface area contributed by atoms with Gasteiger partial charge in [-0.2, -0.15) is 0 Å². The monoisotopic (exact) mass is 407 g/mol. The van der Waals surface area contributed by atoms with Crippen molar-refractivity contribution in [2.45, 2.75) is 18.5 Å². The molecule has 2 rings (SSSR count). The van der Waals surface area contributed by atoms with E-state index in [2.05, 4.69) is 15.9 Å². The first kappa shape index (κ1) is 18.9. The molecule has 2 aromatic carbocycles. The van der Waals surface area contributed by atoms with Crippen molar-refractivity contribution < 1.29 is 18.9 Å². The minimum atomic E-state index is -3.03. The Morgan fingerprint density at radius 1 is 1.16 bits per heavy atom. The second-order valence-corrected chi connectivity index (χ2v) is 6.50. The number of benzene rings is 2. The lowest BCUT2D eigenvalue weighted by atomic mass is 9.76. The van der Waals surface area contributed by atoms with E-state index in [9.17, 15) is 19.7 Å². The maximum Gasteiger partial charge on any atom is 0.243 e. The Hall–Kier alpha value is -2.41. The summed E-state index contributed by atoms with van der Waals surface area (Å²) in [5, 5.41) is 11.1. The molecule has 2 aromatic rings. The number of nitro groups is 1. The second-order valence-electron chi connectivity index (χ2n) is 5.58. The SMILES string of the molecule is CC(=O)[C@](F)(C(=O)c1ccccc1)[C@H](C[N+](=O)[O-])c1ccc(Br)cc1. The van der Waals surface area contributed by atoms with Crippen LogP contribution < -0.4 is 0 Å². The highest BCUT2D eigenvalue weighted by atomic mass is 79.9. The van der Waals surface area contributed by atoms with Crippen LogP contribution in [0.5, 0.6) is 0 Å². The maximum absolute atomic E-state index is 15.8. The number of hydrogen-bond donors (Lipinski definition) is 0. The van der Waals surface area contributed by atoms with Gasteiger partial charge >= 0.3 is 0 Å². The Bertz CT molecular complexity index is 794. The summed E-state index contributed by atoms with van der Waals surface area (Å²) in [7, 11) is 0. The summed E-state index contributed by atoms with van der Waals surface area (Å²) in [6.45, 7) is 0.0585. The first-order chi connectivity index (χ1) is 11.8. The van der Waals surface area contributed by atoms with Gasteiger partial charge in [0.1, 0.15) is 0 Å². The third kappa shape index (κ3) is 3.99. The zero-order valence-electron chi connectivity index (χ0n) is 13.3. The number of hydrogen-bond acceptors (Lipinski definition) is 4. The van der Waals surface area contributed by atoms with Gasteiger partial charge in [-0.3, -0.25) is 19.7 Å². The number of Topliss-reactive ketones (excluding diaryl/α,β-unsaturated/α-hetero) is 2. The molecule has 0 radical (unpaired) electrons. The summed E-state index contributed by atoms with van der Waals surface area (Å²) >= 11 is 3.23. The Labute approximate surface area is 152 Å². The summed E-state index contributed by atoms with van der Waals surface area (Å²) in [5.74, 6) is -3.66. The van der Waals surface area contributed by atoms with E-state index in [4.69, 9.17) is 0 Å². The number of ketones is 2. The van der Waals surface area contributed by atoms with Crippen molar-refractivity contribution in [3.05, 3.63) is 80.3 Å². The van der Waals surface area contributed by atoms with Crippen molar-refractivity contribution in [3.8, 4) is 0 Å². The van der Waals surface area contributed by atoms with Gasteiger partial charge in [0.25, 0.3) is 0 Å². The number of nitrogens with zero attached hydrogens (tertiary/aromatic N) is 1. The molecule has 7 heteroatoms. The van der Waals surface area contributed by atoms with Gasteiger partial charge in [-0.15, -0.1) is 0 Å². The van der Waals surface area contributed by atoms with Crippen LogP contribution in [-0.2, 0) is 4.79 Å². The van der Waals surface area contributed by atoms with Gasteiger partial charge < -0.3 is 0 Å². The van der Waals surface area contributed by atoms with Crippen LogP contribution in [0.4, 0.5) is 4.39 Å². The molecule has 0 aromatic heterocycles. The lowest BCUT2D eigenvalue weighted by Gasteiger charge is -2.28. The average Bonchev–Trinajstić information content (AvgIpc) is 2.59. The third-order valence-electron chi connectivity index (χ3n) is 3.96. The molecule has 0 heterocycles. The molecule has 0 amide bonds. The van der Waals surface area contributed by atoms with E-state index in [1.807, 2.05) is 0 Å². The molecule has 25 heavy (non-hydrogen) atoms. The zero-order valence-corrected chi connectivity index (χ0v) is 14.9. The van der Waals surface area contributed by atoms with Crippen molar-refractivity contribution in [3.63, 3.8) is 0 Å². The molecule has 0 aliphatic rings. The van der Waals surface area contributed by atoms with E-state index in [-0.39, 0.29) is 11.1 Å². The van der Waals surface area contributed by atoms with Gasteiger partial charge in [0.05, 0.1) is 5.92 Å². The Kier molecular flexibility index (Phi) is 5.79.